The van der Waals surface area contributed by atoms with Crippen LogP contribution in [0.15, 0.2) is 6.20 Å². The maximum atomic E-state index is 5.71. The summed E-state index contributed by atoms with van der Waals surface area (Å²) in [4.78, 5) is 0. The SMILES string of the molecule is Cn1nnnc1-n1cc(Cl)c(N)n1. The summed E-state index contributed by atoms with van der Waals surface area (Å²) in [5.41, 5.74) is 5.46. The van der Waals surface area contributed by atoms with Gasteiger partial charge in [0, 0.05) is 7.05 Å². The number of halogens is 1. The first-order valence-electron chi connectivity index (χ1n) is 3.42. The third-order valence-electron chi connectivity index (χ3n) is 1.50. The van der Waals surface area contributed by atoms with Gasteiger partial charge < -0.3 is 5.73 Å². The van der Waals surface area contributed by atoms with Crippen LogP contribution in [0.25, 0.3) is 5.95 Å². The Labute approximate surface area is 78.1 Å². The largest absolute Gasteiger partial charge is 0.381 e. The molecule has 13 heavy (non-hydrogen) atoms. The molecule has 0 spiro atoms. The minimum absolute atomic E-state index is 0.254. The van der Waals surface area contributed by atoms with E-state index in [2.05, 4.69) is 20.6 Å². The monoisotopic (exact) mass is 199 g/mol. The van der Waals surface area contributed by atoms with Crippen LogP contribution in [0.2, 0.25) is 5.02 Å². The van der Waals surface area contributed by atoms with Crippen LogP contribution < -0.4 is 5.73 Å². The fraction of sp³-hybridized carbons (Fsp3) is 0.200. The van der Waals surface area contributed by atoms with Gasteiger partial charge in [0.05, 0.1) is 6.20 Å². The fourth-order valence-electron chi connectivity index (χ4n) is 0.887. The molecule has 2 aromatic rings. The van der Waals surface area contributed by atoms with Crippen LogP contribution in [0.3, 0.4) is 0 Å². The summed E-state index contributed by atoms with van der Waals surface area (Å²) in [7, 11) is 1.70. The number of nitrogens with zero attached hydrogens (tertiary/aromatic N) is 6. The van der Waals surface area contributed by atoms with E-state index in [1.54, 1.807) is 13.2 Å². The van der Waals surface area contributed by atoms with Crippen LogP contribution in [0, 0.1) is 0 Å². The molecule has 68 valence electrons. The van der Waals surface area contributed by atoms with E-state index >= 15 is 0 Å². The molecule has 0 aromatic carbocycles. The molecule has 0 aliphatic carbocycles. The summed E-state index contributed by atoms with van der Waals surface area (Å²) in [6.45, 7) is 0. The van der Waals surface area contributed by atoms with Crippen molar-refractivity contribution in [2.45, 2.75) is 0 Å². The lowest BCUT2D eigenvalue weighted by Gasteiger charge is -1.95. The van der Waals surface area contributed by atoms with E-state index in [4.69, 9.17) is 17.3 Å². The maximum Gasteiger partial charge on any atom is 0.270 e. The molecule has 2 rings (SSSR count). The zero-order valence-electron chi connectivity index (χ0n) is 6.72. The van der Waals surface area contributed by atoms with Gasteiger partial charge in [0.1, 0.15) is 5.02 Å². The molecule has 2 aromatic heterocycles. The Balaban J connectivity index is 2.53. The normalized spacial score (nSPS) is 10.6. The van der Waals surface area contributed by atoms with Gasteiger partial charge in [0.25, 0.3) is 5.95 Å². The number of rotatable bonds is 1. The van der Waals surface area contributed by atoms with Gasteiger partial charge in [-0.1, -0.05) is 16.7 Å². The van der Waals surface area contributed by atoms with E-state index in [0.29, 0.717) is 11.0 Å². The van der Waals surface area contributed by atoms with E-state index in [-0.39, 0.29) is 5.82 Å². The second-order valence-corrected chi connectivity index (χ2v) is 2.82. The molecule has 8 heteroatoms. The summed E-state index contributed by atoms with van der Waals surface area (Å²) in [5, 5.41) is 15.1. The van der Waals surface area contributed by atoms with Gasteiger partial charge in [-0.15, -0.1) is 5.10 Å². The van der Waals surface area contributed by atoms with Crippen LogP contribution in [-0.2, 0) is 7.05 Å². The number of aryl methyl sites for hydroxylation is 1. The minimum atomic E-state index is 0.254. The third-order valence-corrected chi connectivity index (χ3v) is 1.79. The predicted octanol–water partition coefficient (Wildman–Crippen LogP) is -0.369. The van der Waals surface area contributed by atoms with E-state index in [1.807, 2.05) is 0 Å². The molecule has 0 aliphatic heterocycles. The lowest BCUT2D eigenvalue weighted by atomic mass is 10.7. The lowest BCUT2D eigenvalue weighted by molar-refractivity contribution is 0.672. The highest BCUT2D eigenvalue weighted by atomic mass is 35.5. The number of hydrogen-bond donors (Lipinski definition) is 1. The van der Waals surface area contributed by atoms with Crippen molar-refractivity contribution in [1.29, 1.82) is 0 Å². The molecule has 2 heterocycles. The summed E-state index contributed by atoms with van der Waals surface area (Å²) < 4.78 is 2.88. The Bertz CT molecular complexity index is 410. The predicted molar refractivity (Wildman–Crippen MR) is 45.3 cm³/mol. The van der Waals surface area contributed by atoms with Gasteiger partial charge in [-0.05, 0) is 10.4 Å². The smallest absolute Gasteiger partial charge is 0.270 e. The first-order chi connectivity index (χ1) is 6.18. The van der Waals surface area contributed by atoms with E-state index in [0.717, 1.165) is 0 Å². The summed E-state index contributed by atoms with van der Waals surface area (Å²) >= 11 is 5.71. The number of nitrogens with two attached hydrogens (primary N) is 1. The molecule has 0 amide bonds. The molecule has 0 saturated carbocycles. The Kier molecular flexibility index (Phi) is 1.66. The Morgan fingerprint density at radius 3 is 2.77 bits per heavy atom. The van der Waals surface area contributed by atoms with Crippen LogP contribution >= 0.6 is 11.6 Å². The van der Waals surface area contributed by atoms with Crippen molar-refractivity contribution in [1.82, 2.24) is 30.0 Å². The Morgan fingerprint density at radius 2 is 2.31 bits per heavy atom. The third kappa shape index (κ3) is 1.22. The van der Waals surface area contributed by atoms with Gasteiger partial charge in [-0.25, -0.2) is 9.36 Å². The van der Waals surface area contributed by atoms with Crippen LogP contribution in [0.1, 0.15) is 0 Å². The van der Waals surface area contributed by atoms with Gasteiger partial charge in [-0.2, -0.15) is 0 Å². The quantitative estimate of drug-likeness (QED) is 0.677. The number of nitrogen functional groups attached to an aromatic ring is 1. The number of tetrazole rings is 1. The molecule has 0 unspecified atom stereocenters. The topological polar surface area (TPSA) is 87.4 Å². The van der Waals surface area contributed by atoms with E-state index < -0.39 is 0 Å². The Morgan fingerprint density at radius 1 is 1.54 bits per heavy atom. The zero-order chi connectivity index (χ0) is 9.42. The van der Waals surface area contributed by atoms with Crippen molar-refractivity contribution in [3.05, 3.63) is 11.2 Å². The molecule has 0 atom stereocenters. The number of anilines is 1. The molecule has 2 N–H and O–H groups in total. The summed E-state index contributed by atoms with van der Waals surface area (Å²) in [6, 6.07) is 0. The van der Waals surface area contributed by atoms with Crippen molar-refractivity contribution < 1.29 is 0 Å². The Hall–Kier alpha value is -1.63. The highest BCUT2D eigenvalue weighted by Gasteiger charge is 2.09. The molecule has 0 fully saturated rings. The first kappa shape index (κ1) is 7.99. The second kappa shape index (κ2) is 2.70. The summed E-state index contributed by atoms with van der Waals surface area (Å²) in [5.74, 6) is 0.711. The van der Waals surface area contributed by atoms with E-state index in [9.17, 15) is 0 Å². The maximum absolute atomic E-state index is 5.71. The van der Waals surface area contributed by atoms with Crippen LogP contribution in [0.5, 0.6) is 0 Å². The molecular weight excluding hydrogens is 194 g/mol. The molecule has 0 saturated heterocycles. The second-order valence-electron chi connectivity index (χ2n) is 2.41. The molecule has 7 nitrogen and oxygen atoms in total. The first-order valence-corrected chi connectivity index (χ1v) is 3.79. The average molecular weight is 200 g/mol. The van der Waals surface area contributed by atoms with Gasteiger partial charge >= 0.3 is 0 Å². The number of aromatic nitrogens is 6. The molecule has 0 bridgehead atoms. The zero-order valence-corrected chi connectivity index (χ0v) is 7.47. The lowest BCUT2D eigenvalue weighted by Crippen LogP contribution is -2.05. The van der Waals surface area contributed by atoms with Gasteiger partial charge in [-0.3, -0.25) is 0 Å². The van der Waals surface area contributed by atoms with Crippen molar-refractivity contribution in [2.24, 2.45) is 7.05 Å². The minimum Gasteiger partial charge on any atom is -0.381 e. The number of hydrogen-bond acceptors (Lipinski definition) is 5. The molecule has 0 aliphatic rings. The van der Waals surface area contributed by atoms with Crippen molar-refractivity contribution in [2.75, 3.05) is 5.73 Å². The molecular formula is C5H6ClN7. The average Bonchev–Trinajstić information content (AvgIpc) is 2.60. The fourth-order valence-corrected chi connectivity index (χ4v) is 1.02. The van der Waals surface area contributed by atoms with E-state index in [1.165, 1.54) is 9.36 Å². The summed E-state index contributed by atoms with van der Waals surface area (Å²) in [6.07, 6.45) is 1.54. The highest BCUT2D eigenvalue weighted by Crippen LogP contribution is 2.16. The van der Waals surface area contributed by atoms with Crippen molar-refractivity contribution in [3.8, 4) is 5.95 Å². The van der Waals surface area contributed by atoms with Crippen molar-refractivity contribution >= 4 is 17.4 Å². The van der Waals surface area contributed by atoms with Crippen molar-refractivity contribution in [3.63, 3.8) is 0 Å². The van der Waals surface area contributed by atoms with Gasteiger partial charge in [0.15, 0.2) is 5.82 Å². The standard InChI is InChI=1S/C5H6ClN7/c1-12-5(8-10-11-12)13-2-3(6)4(7)9-13/h2H,1H3,(H2,7,9). The highest BCUT2D eigenvalue weighted by molar-refractivity contribution is 6.32. The van der Waals surface area contributed by atoms with Gasteiger partial charge in [0.2, 0.25) is 0 Å². The van der Waals surface area contributed by atoms with Crippen LogP contribution in [0.4, 0.5) is 5.82 Å². The molecule has 0 radical (unpaired) electrons. The van der Waals surface area contributed by atoms with Crippen LogP contribution in [-0.4, -0.2) is 30.0 Å².